The van der Waals surface area contributed by atoms with Crippen LogP contribution in [-0.4, -0.2) is 15.6 Å². The van der Waals surface area contributed by atoms with Gasteiger partial charge in [-0.1, -0.05) is 39.3 Å². The Kier molecular flexibility index (Phi) is 3.79. The molecule has 3 nitrogen and oxygen atoms in total. The van der Waals surface area contributed by atoms with E-state index in [9.17, 15) is 4.79 Å². The molecule has 0 aliphatic heterocycles. The van der Waals surface area contributed by atoms with Gasteiger partial charge in [0, 0.05) is 13.5 Å². The van der Waals surface area contributed by atoms with Gasteiger partial charge >= 0.3 is 0 Å². The maximum atomic E-state index is 12.1. The number of hydrogen-bond donors (Lipinski definition) is 0. The van der Waals surface area contributed by atoms with Crippen molar-refractivity contribution in [2.75, 3.05) is 0 Å². The monoisotopic (exact) mass is 242 g/mol. The van der Waals surface area contributed by atoms with E-state index in [4.69, 9.17) is 11.6 Å². The van der Waals surface area contributed by atoms with Gasteiger partial charge in [-0.15, -0.1) is 0 Å². The molecule has 1 aromatic rings. The van der Waals surface area contributed by atoms with Crippen molar-refractivity contribution in [1.29, 1.82) is 0 Å². The second kappa shape index (κ2) is 4.58. The highest BCUT2D eigenvalue weighted by Crippen LogP contribution is 2.30. The Balaban J connectivity index is 2.82. The van der Waals surface area contributed by atoms with Crippen LogP contribution in [0.5, 0.6) is 0 Å². The molecule has 1 heterocycles. The zero-order valence-corrected chi connectivity index (χ0v) is 11.3. The first kappa shape index (κ1) is 13.2. The van der Waals surface area contributed by atoms with Crippen LogP contribution in [0.4, 0.5) is 0 Å². The summed E-state index contributed by atoms with van der Waals surface area (Å²) in [5, 5.41) is 4.41. The van der Waals surface area contributed by atoms with Gasteiger partial charge in [-0.3, -0.25) is 9.48 Å². The fourth-order valence-electron chi connectivity index (χ4n) is 1.41. The molecule has 0 aliphatic carbocycles. The number of aromatic nitrogens is 2. The third-order valence-corrected chi connectivity index (χ3v) is 3.40. The van der Waals surface area contributed by atoms with E-state index in [1.165, 1.54) is 6.20 Å². The number of carbonyl (C=O) groups is 1. The Hall–Kier alpha value is -0.830. The van der Waals surface area contributed by atoms with E-state index in [0.717, 1.165) is 0 Å². The van der Waals surface area contributed by atoms with E-state index in [-0.39, 0.29) is 11.2 Å². The maximum absolute atomic E-state index is 12.1. The number of aryl methyl sites for hydroxylation is 1. The van der Waals surface area contributed by atoms with Gasteiger partial charge in [0.05, 0.1) is 11.2 Å². The lowest BCUT2D eigenvalue weighted by molar-refractivity contribution is 0.0918. The normalized spacial score (nSPS) is 13.9. The third-order valence-electron chi connectivity index (χ3n) is 3.13. The summed E-state index contributed by atoms with van der Waals surface area (Å²) < 4.78 is 1.54. The topological polar surface area (TPSA) is 34.9 Å². The van der Waals surface area contributed by atoms with Crippen molar-refractivity contribution in [3.63, 3.8) is 0 Å². The van der Waals surface area contributed by atoms with E-state index < -0.39 is 0 Å². The van der Waals surface area contributed by atoms with Crippen molar-refractivity contribution >= 4 is 17.4 Å². The Morgan fingerprint density at radius 3 is 2.50 bits per heavy atom. The molecular formula is C12H19ClN2O. The van der Waals surface area contributed by atoms with Crippen molar-refractivity contribution < 1.29 is 4.79 Å². The first-order chi connectivity index (χ1) is 7.23. The lowest BCUT2D eigenvalue weighted by Crippen LogP contribution is -2.21. The standard InChI is InChI=1S/C12H19ClN2O/c1-8(12(2,3)4)6-10(16)11-9(13)7-14-15(11)5/h7-8H,6H2,1-5H3. The lowest BCUT2D eigenvalue weighted by atomic mass is 9.79. The molecule has 0 spiro atoms. The molecule has 16 heavy (non-hydrogen) atoms. The molecule has 0 radical (unpaired) electrons. The van der Waals surface area contributed by atoms with Crippen molar-refractivity contribution in [3.8, 4) is 0 Å². The number of halogens is 1. The van der Waals surface area contributed by atoms with E-state index in [1.807, 2.05) is 0 Å². The summed E-state index contributed by atoms with van der Waals surface area (Å²) in [6.07, 6.45) is 2.01. The predicted molar refractivity (Wildman–Crippen MR) is 65.8 cm³/mol. The van der Waals surface area contributed by atoms with Gasteiger partial charge in [0.1, 0.15) is 5.69 Å². The van der Waals surface area contributed by atoms with E-state index >= 15 is 0 Å². The largest absolute Gasteiger partial charge is 0.292 e. The Labute approximate surface area is 102 Å². The number of hydrogen-bond acceptors (Lipinski definition) is 2. The van der Waals surface area contributed by atoms with Crippen LogP contribution < -0.4 is 0 Å². The molecule has 1 rings (SSSR count). The average Bonchev–Trinajstić information content (AvgIpc) is 2.44. The van der Waals surface area contributed by atoms with Gasteiger partial charge in [0.2, 0.25) is 0 Å². The number of Topliss-reactive ketones (excluding diaryl/α,β-unsaturated/α-hetero) is 1. The summed E-state index contributed by atoms with van der Waals surface area (Å²) in [4.78, 5) is 12.1. The second-order valence-electron chi connectivity index (χ2n) is 5.36. The maximum Gasteiger partial charge on any atom is 0.182 e. The minimum absolute atomic E-state index is 0.0624. The van der Waals surface area contributed by atoms with Crippen LogP contribution in [0, 0.1) is 11.3 Å². The van der Waals surface area contributed by atoms with Crippen molar-refractivity contribution in [1.82, 2.24) is 9.78 Å². The average molecular weight is 243 g/mol. The van der Waals surface area contributed by atoms with Crippen LogP contribution in [0.3, 0.4) is 0 Å². The molecule has 0 saturated heterocycles. The smallest absolute Gasteiger partial charge is 0.182 e. The van der Waals surface area contributed by atoms with Crippen LogP contribution in [0.1, 0.15) is 44.6 Å². The summed E-state index contributed by atoms with van der Waals surface area (Å²) >= 11 is 5.93. The molecule has 1 unspecified atom stereocenters. The SMILES string of the molecule is CC(CC(=O)c1c(Cl)cnn1C)C(C)(C)C. The number of nitrogens with zero attached hydrogens (tertiary/aromatic N) is 2. The van der Waals surface area contributed by atoms with Gasteiger partial charge in [0.15, 0.2) is 5.78 Å². The Morgan fingerprint density at radius 1 is 1.56 bits per heavy atom. The molecule has 1 atom stereocenters. The number of ketones is 1. The van der Waals surface area contributed by atoms with Gasteiger partial charge in [0.25, 0.3) is 0 Å². The van der Waals surface area contributed by atoms with Crippen molar-refractivity contribution in [2.45, 2.75) is 34.1 Å². The predicted octanol–water partition coefficient (Wildman–Crippen LogP) is 3.33. The lowest BCUT2D eigenvalue weighted by Gasteiger charge is -2.26. The molecule has 0 fully saturated rings. The zero-order valence-electron chi connectivity index (χ0n) is 10.5. The molecule has 0 saturated carbocycles. The molecule has 0 amide bonds. The molecule has 4 heteroatoms. The Morgan fingerprint density at radius 2 is 2.12 bits per heavy atom. The summed E-state index contributed by atoms with van der Waals surface area (Å²) in [5.41, 5.74) is 0.638. The number of rotatable bonds is 3. The molecule has 0 aliphatic rings. The summed E-state index contributed by atoms with van der Waals surface area (Å²) in [6.45, 7) is 8.49. The van der Waals surface area contributed by atoms with Crippen LogP contribution in [0.2, 0.25) is 5.02 Å². The summed E-state index contributed by atoms with van der Waals surface area (Å²) in [5.74, 6) is 0.374. The van der Waals surface area contributed by atoms with E-state index in [0.29, 0.717) is 23.1 Å². The van der Waals surface area contributed by atoms with Crippen LogP contribution >= 0.6 is 11.6 Å². The van der Waals surface area contributed by atoms with Crippen LogP contribution in [-0.2, 0) is 7.05 Å². The summed E-state index contributed by atoms with van der Waals surface area (Å²) in [7, 11) is 1.74. The Bertz CT molecular complexity index is 371. The molecule has 0 bridgehead atoms. The summed E-state index contributed by atoms with van der Waals surface area (Å²) in [6, 6.07) is 0. The molecular weight excluding hydrogens is 224 g/mol. The highest BCUT2D eigenvalue weighted by Gasteiger charge is 2.25. The second-order valence-corrected chi connectivity index (χ2v) is 5.77. The molecule has 1 aromatic heterocycles. The van der Waals surface area contributed by atoms with E-state index in [1.54, 1.807) is 11.7 Å². The van der Waals surface area contributed by atoms with Crippen molar-refractivity contribution in [2.24, 2.45) is 18.4 Å². The molecule has 0 aromatic carbocycles. The molecule has 0 N–H and O–H groups in total. The highest BCUT2D eigenvalue weighted by molar-refractivity contribution is 6.33. The first-order valence-electron chi connectivity index (χ1n) is 5.44. The highest BCUT2D eigenvalue weighted by atomic mass is 35.5. The van der Waals surface area contributed by atoms with Crippen molar-refractivity contribution in [3.05, 3.63) is 16.9 Å². The first-order valence-corrected chi connectivity index (χ1v) is 5.82. The van der Waals surface area contributed by atoms with Crippen LogP contribution in [0.15, 0.2) is 6.20 Å². The van der Waals surface area contributed by atoms with Gasteiger partial charge in [-0.05, 0) is 11.3 Å². The van der Waals surface area contributed by atoms with Gasteiger partial charge in [-0.25, -0.2) is 0 Å². The number of carbonyl (C=O) groups excluding carboxylic acids is 1. The van der Waals surface area contributed by atoms with Crippen LogP contribution in [0.25, 0.3) is 0 Å². The third kappa shape index (κ3) is 2.85. The van der Waals surface area contributed by atoms with Gasteiger partial charge < -0.3 is 0 Å². The minimum Gasteiger partial charge on any atom is -0.292 e. The van der Waals surface area contributed by atoms with Gasteiger partial charge in [-0.2, -0.15) is 5.10 Å². The zero-order chi connectivity index (χ0) is 12.5. The molecule has 90 valence electrons. The quantitative estimate of drug-likeness (QED) is 0.762. The minimum atomic E-state index is 0.0624. The fourth-order valence-corrected chi connectivity index (χ4v) is 1.68. The fraction of sp³-hybridized carbons (Fsp3) is 0.667. The van der Waals surface area contributed by atoms with E-state index in [2.05, 4.69) is 32.8 Å².